The fourth-order valence-electron chi connectivity index (χ4n) is 1.65. The van der Waals surface area contributed by atoms with Gasteiger partial charge in [-0.25, -0.2) is 12.8 Å². The summed E-state index contributed by atoms with van der Waals surface area (Å²) in [4.78, 5) is 0.0486. The quantitative estimate of drug-likeness (QED) is 0.805. The van der Waals surface area contributed by atoms with Crippen LogP contribution in [0.1, 0.15) is 20.3 Å². The SMILES string of the molecule is CC(C)CN(CCC#N)S(=O)(=O)c1ccc(F)cc1. The zero-order chi connectivity index (χ0) is 14.5. The van der Waals surface area contributed by atoms with Crippen molar-refractivity contribution in [3.63, 3.8) is 0 Å². The summed E-state index contributed by atoms with van der Waals surface area (Å²) in [6, 6.07) is 6.65. The highest BCUT2D eigenvalue weighted by atomic mass is 32.2. The predicted molar refractivity (Wildman–Crippen MR) is 70.2 cm³/mol. The van der Waals surface area contributed by atoms with Crippen LogP contribution >= 0.6 is 0 Å². The van der Waals surface area contributed by atoms with Crippen LogP contribution in [-0.2, 0) is 10.0 Å². The number of benzene rings is 1. The smallest absolute Gasteiger partial charge is 0.207 e. The largest absolute Gasteiger partial charge is 0.243 e. The van der Waals surface area contributed by atoms with E-state index in [1.807, 2.05) is 19.9 Å². The molecule has 0 bridgehead atoms. The Kier molecular flexibility index (Phi) is 5.45. The van der Waals surface area contributed by atoms with E-state index in [4.69, 9.17) is 5.26 Å². The molecule has 0 N–H and O–H groups in total. The molecule has 0 heterocycles. The first-order chi connectivity index (χ1) is 8.87. The maximum absolute atomic E-state index is 12.8. The molecule has 0 unspecified atom stereocenters. The van der Waals surface area contributed by atoms with E-state index in [2.05, 4.69) is 0 Å². The topological polar surface area (TPSA) is 61.2 Å². The second kappa shape index (κ2) is 6.64. The van der Waals surface area contributed by atoms with Crippen molar-refractivity contribution in [2.45, 2.75) is 25.2 Å². The molecule has 0 spiro atoms. The Labute approximate surface area is 113 Å². The lowest BCUT2D eigenvalue weighted by Gasteiger charge is -2.23. The average molecular weight is 284 g/mol. The summed E-state index contributed by atoms with van der Waals surface area (Å²) >= 11 is 0. The van der Waals surface area contributed by atoms with E-state index < -0.39 is 15.8 Å². The molecule has 0 aliphatic heterocycles. The van der Waals surface area contributed by atoms with Gasteiger partial charge in [-0.2, -0.15) is 9.57 Å². The van der Waals surface area contributed by atoms with Crippen LogP contribution in [0.15, 0.2) is 29.2 Å². The van der Waals surface area contributed by atoms with E-state index in [1.54, 1.807) is 0 Å². The van der Waals surface area contributed by atoms with Gasteiger partial charge in [-0.1, -0.05) is 13.8 Å². The summed E-state index contributed by atoms with van der Waals surface area (Å²) in [6.07, 6.45) is 0.132. The normalized spacial score (nSPS) is 11.8. The molecule has 1 aromatic carbocycles. The van der Waals surface area contributed by atoms with Crippen LogP contribution in [0.3, 0.4) is 0 Å². The third kappa shape index (κ3) is 4.30. The molecule has 1 rings (SSSR count). The number of nitrogens with zero attached hydrogens (tertiary/aromatic N) is 2. The molecule has 4 nitrogen and oxygen atoms in total. The molecule has 1 aromatic rings. The van der Waals surface area contributed by atoms with Gasteiger partial charge in [0.1, 0.15) is 5.82 Å². The Hall–Kier alpha value is -1.45. The molecule has 0 fully saturated rings. The third-order valence-electron chi connectivity index (χ3n) is 2.49. The zero-order valence-electron chi connectivity index (χ0n) is 11.0. The lowest BCUT2D eigenvalue weighted by atomic mass is 10.2. The number of sulfonamides is 1. The van der Waals surface area contributed by atoms with Gasteiger partial charge in [0.2, 0.25) is 10.0 Å². The summed E-state index contributed by atoms with van der Waals surface area (Å²) in [5, 5.41) is 8.60. The molecule has 0 aromatic heterocycles. The highest BCUT2D eigenvalue weighted by molar-refractivity contribution is 7.89. The zero-order valence-corrected chi connectivity index (χ0v) is 11.8. The van der Waals surface area contributed by atoms with E-state index >= 15 is 0 Å². The van der Waals surface area contributed by atoms with Gasteiger partial charge >= 0.3 is 0 Å². The fraction of sp³-hybridized carbons (Fsp3) is 0.462. The number of hydrogen-bond donors (Lipinski definition) is 0. The van der Waals surface area contributed by atoms with Gasteiger partial charge in [0.05, 0.1) is 11.0 Å². The number of nitriles is 1. The first kappa shape index (κ1) is 15.6. The highest BCUT2D eigenvalue weighted by Crippen LogP contribution is 2.17. The molecule has 104 valence electrons. The van der Waals surface area contributed by atoms with Crippen molar-refractivity contribution in [1.29, 1.82) is 5.26 Å². The van der Waals surface area contributed by atoms with Crippen molar-refractivity contribution >= 4 is 10.0 Å². The monoisotopic (exact) mass is 284 g/mol. The van der Waals surface area contributed by atoms with E-state index in [-0.39, 0.29) is 23.8 Å². The number of rotatable bonds is 6. The van der Waals surface area contributed by atoms with Crippen LogP contribution in [0.5, 0.6) is 0 Å². The maximum atomic E-state index is 12.8. The van der Waals surface area contributed by atoms with E-state index in [9.17, 15) is 12.8 Å². The molecule has 19 heavy (non-hydrogen) atoms. The van der Waals surface area contributed by atoms with Crippen molar-refractivity contribution < 1.29 is 12.8 Å². The van der Waals surface area contributed by atoms with Crippen molar-refractivity contribution in [2.24, 2.45) is 5.92 Å². The molecule has 6 heteroatoms. The van der Waals surface area contributed by atoms with E-state index in [0.29, 0.717) is 6.54 Å². The minimum absolute atomic E-state index is 0.0486. The summed E-state index contributed by atoms with van der Waals surface area (Å²) in [5.74, 6) is -0.333. The van der Waals surface area contributed by atoms with Gasteiger partial charge in [0.25, 0.3) is 0 Å². The molecule has 0 aliphatic rings. The Bertz CT molecular complexity index is 547. The minimum Gasteiger partial charge on any atom is -0.207 e. The van der Waals surface area contributed by atoms with Crippen molar-refractivity contribution in [2.75, 3.05) is 13.1 Å². The maximum Gasteiger partial charge on any atom is 0.243 e. The summed E-state index contributed by atoms with van der Waals surface area (Å²) < 4.78 is 38.9. The Morgan fingerprint density at radius 2 is 1.89 bits per heavy atom. The Morgan fingerprint density at radius 1 is 1.32 bits per heavy atom. The summed E-state index contributed by atoms with van der Waals surface area (Å²) in [7, 11) is -3.67. The molecular weight excluding hydrogens is 267 g/mol. The molecule has 0 saturated heterocycles. The van der Waals surface area contributed by atoms with Gasteiger partial charge in [-0.15, -0.1) is 0 Å². The van der Waals surface area contributed by atoms with Crippen LogP contribution in [0, 0.1) is 23.1 Å². The van der Waals surface area contributed by atoms with Gasteiger partial charge in [0.15, 0.2) is 0 Å². The first-order valence-corrected chi connectivity index (χ1v) is 7.44. The van der Waals surface area contributed by atoms with Crippen LogP contribution in [-0.4, -0.2) is 25.8 Å². The van der Waals surface area contributed by atoms with Gasteiger partial charge in [-0.05, 0) is 30.2 Å². The van der Waals surface area contributed by atoms with Crippen LogP contribution < -0.4 is 0 Å². The Morgan fingerprint density at radius 3 is 2.37 bits per heavy atom. The minimum atomic E-state index is -3.67. The highest BCUT2D eigenvalue weighted by Gasteiger charge is 2.24. The average Bonchev–Trinajstić information content (AvgIpc) is 2.34. The van der Waals surface area contributed by atoms with Gasteiger partial charge in [0, 0.05) is 19.5 Å². The van der Waals surface area contributed by atoms with E-state index in [1.165, 1.54) is 16.4 Å². The first-order valence-electron chi connectivity index (χ1n) is 6.00. The predicted octanol–water partition coefficient (Wildman–Crippen LogP) is 2.39. The molecule has 0 amide bonds. The number of halogens is 1. The molecule has 0 saturated carbocycles. The number of hydrogen-bond acceptors (Lipinski definition) is 3. The molecule has 0 aliphatic carbocycles. The van der Waals surface area contributed by atoms with Crippen molar-refractivity contribution in [1.82, 2.24) is 4.31 Å². The molecule has 0 radical (unpaired) electrons. The molecular formula is C13H17FN2O2S. The lowest BCUT2D eigenvalue weighted by Crippen LogP contribution is -2.35. The summed E-state index contributed by atoms with van der Waals surface area (Å²) in [6.45, 7) is 4.29. The van der Waals surface area contributed by atoms with Crippen LogP contribution in [0.25, 0.3) is 0 Å². The molecule has 0 atom stereocenters. The summed E-state index contributed by atoms with van der Waals surface area (Å²) in [5.41, 5.74) is 0. The second-order valence-corrected chi connectivity index (χ2v) is 6.56. The van der Waals surface area contributed by atoms with Crippen LogP contribution in [0.2, 0.25) is 0 Å². The second-order valence-electron chi connectivity index (χ2n) is 4.62. The van der Waals surface area contributed by atoms with Gasteiger partial charge in [-0.3, -0.25) is 0 Å². The third-order valence-corrected chi connectivity index (χ3v) is 4.37. The van der Waals surface area contributed by atoms with Crippen molar-refractivity contribution in [3.8, 4) is 6.07 Å². The standard InChI is InChI=1S/C13H17FN2O2S/c1-11(2)10-16(9-3-8-15)19(17,18)13-6-4-12(14)5-7-13/h4-7,11H,3,9-10H2,1-2H3. The van der Waals surface area contributed by atoms with Crippen LogP contribution in [0.4, 0.5) is 4.39 Å². The van der Waals surface area contributed by atoms with Crippen molar-refractivity contribution in [3.05, 3.63) is 30.1 Å². The Balaban J connectivity index is 3.04. The fourth-order valence-corrected chi connectivity index (χ4v) is 3.25. The van der Waals surface area contributed by atoms with E-state index in [0.717, 1.165) is 12.1 Å². The van der Waals surface area contributed by atoms with Gasteiger partial charge < -0.3 is 0 Å². The lowest BCUT2D eigenvalue weighted by molar-refractivity contribution is 0.373.